The highest BCUT2D eigenvalue weighted by atomic mass is 127. The number of guanidine groups is 1. The van der Waals surface area contributed by atoms with Gasteiger partial charge in [0.05, 0.1) is 0 Å². The Kier molecular flexibility index (Phi) is 11.0. The van der Waals surface area contributed by atoms with E-state index in [9.17, 15) is 0 Å². The van der Waals surface area contributed by atoms with Crippen molar-refractivity contribution in [2.45, 2.75) is 52.5 Å². The van der Waals surface area contributed by atoms with E-state index in [0.29, 0.717) is 6.04 Å². The molecular weight excluding hydrogens is 443 g/mol. The predicted octanol–water partition coefficient (Wildman–Crippen LogP) is 3.89. The van der Waals surface area contributed by atoms with Gasteiger partial charge in [0.1, 0.15) is 0 Å². The zero-order valence-electron chi connectivity index (χ0n) is 16.2. The van der Waals surface area contributed by atoms with Crippen LogP contribution in [0.2, 0.25) is 0 Å². The number of hydrogen-bond acceptors (Lipinski definition) is 3. The van der Waals surface area contributed by atoms with Crippen LogP contribution in [0.3, 0.4) is 0 Å². The standard InChI is InChI=1S/C19H34N4S.HI/c1-5-23-12-9-17(10-13-23)8-11-21-19(20-4)22-15(2)14-18-7-6-16(3)24-18;/h6-7,15,17H,5,8-14H2,1-4H3,(H2,20,21,22);1H. The fraction of sp³-hybridized carbons (Fsp3) is 0.737. The lowest BCUT2D eigenvalue weighted by Gasteiger charge is -2.31. The van der Waals surface area contributed by atoms with Gasteiger partial charge in [0, 0.05) is 35.8 Å². The van der Waals surface area contributed by atoms with Crippen LogP contribution in [-0.2, 0) is 6.42 Å². The molecule has 1 unspecified atom stereocenters. The Morgan fingerprint density at radius 2 is 2.08 bits per heavy atom. The third-order valence-corrected chi connectivity index (χ3v) is 5.93. The number of thiophene rings is 1. The first-order valence-electron chi connectivity index (χ1n) is 9.35. The summed E-state index contributed by atoms with van der Waals surface area (Å²) in [5.74, 6) is 1.80. The molecular formula is C19H35IN4S. The summed E-state index contributed by atoms with van der Waals surface area (Å²) in [5.41, 5.74) is 0. The summed E-state index contributed by atoms with van der Waals surface area (Å²) >= 11 is 1.89. The highest BCUT2D eigenvalue weighted by Crippen LogP contribution is 2.19. The Bertz CT molecular complexity index is 509. The highest BCUT2D eigenvalue weighted by Gasteiger charge is 2.17. The van der Waals surface area contributed by atoms with Gasteiger partial charge in [-0.2, -0.15) is 0 Å². The number of aryl methyl sites for hydroxylation is 1. The zero-order chi connectivity index (χ0) is 17.4. The van der Waals surface area contributed by atoms with Gasteiger partial charge in [-0.25, -0.2) is 0 Å². The maximum Gasteiger partial charge on any atom is 0.191 e. The summed E-state index contributed by atoms with van der Waals surface area (Å²) < 4.78 is 0. The average Bonchev–Trinajstić information content (AvgIpc) is 2.99. The normalized spacial score (nSPS) is 17.8. The first-order valence-corrected chi connectivity index (χ1v) is 10.2. The van der Waals surface area contributed by atoms with Crippen LogP contribution in [0, 0.1) is 12.8 Å². The second kappa shape index (κ2) is 12.1. The molecule has 1 aromatic rings. The molecule has 0 spiro atoms. The predicted molar refractivity (Wildman–Crippen MR) is 122 cm³/mol. The summed E-state index contributed by atoms with van der Waals surface area (Å²) in [4.78, 5) is 9.75. The van der Waals surface area contributed by atoms with E-state index in [1.54, 1.807) is 0 Å². The van der Waals surface area contributed by atoms with Crippen LogP contribution in [-0.4, -0.2) is 50.1 Å². The molecule has 0 aliphatic carbocycles. The molecule has 0 saturated carbocycles. The van der Waals surface area contributed by atoms with Crippen molar-refractivity contribution in [2.24, 2.45) is 10.9 Å². The maximum atomic E-state index is 4.37. The lowest BCUT2D eigenvalue weighted by atomic mass is 9.93. The molecule has 0 amide bonds. The minimum atomic E-state index is 0. The summed E-state index contributed by atoms with van der Waals surface area (Å²) in [7, 11) is 1.86. The summed E-state index contributed by atoms with van der Waals surface area (Å²) in [6.07, 6.45) is 4.98. The van der Waals surface area contributed by atoms with Crippen LogP contribution in [0.25, 0.3) is 0 Å². The van der Waals surface area contributed by atoms with Crippen molar-refractivity contribution in [3.63, 3.8) is 0 Å². The van der Waals surface area contributed by atoms with Crippen LogP contribution in [0.5, 0.6) is 0 Å². The third kappa shape index (κ3) is 8.26. The van der Waals surface area contributed by atoms with Crippen LogP contribution < -0.4 is 10.6 Å². The van der Waals surface area contributed by atoms with Gasteiger partial charge < -0.3 is 15.5 Å². The smallest absolute Gasteiger partial charge is 0.191 e. The maximum absolute atomic E-state index is 4.37. The molecule has 0 bridgehead atoms. The van der Waals surface area contributed by atoms with E-state index in [1.807, 2.05) is 18.4 Å². The first kappa shape index (κ1) is 22.7. The van der Waals surface area contributed by atoms with Crippen molar-refractivity contribution in [3.05, 3.63) is 21.9 Å². The summed E-state index contributed by atoms with van der Waals surface area (Å²) in [6.45, 7) is 11.4. The van der Waals surface area contributed by atoms with Crippen LogP contribution in [0.15, 0.2) is 17.1 Å². The largest absolute Gasteiger partial charge is 0.356 e. The molecule has 1 aliphatic rings. The van der Waals surface area contributed by atoms with Gasteiger partial charge >= 0.3 is 0 Å². The molecule has 0 radical (unpaired) electrons. The number of nitrogens with zero attached hydrogens (tertiary/aromatic N) is 2. The summed E-state index contributed by atoms with van der Waals surface area (Å²) in [5, 5.41) is 7.01. The van der Waals surface area contributed by atoms with Crippen LogP contribution in [0.4, 0.5) is 0 Å². The second-order valence-corrected chi connectivity index (χ2v) is 8.30. The molecule has 1 saturated heterocycles. The van der Waals surface area contributed by atoms with E-state index < -0.39 is 0 Å². The monoisotopic (exact) mass is 478 g/mol. The number of hydrogen-bond donors (Lipinski definition) is 2. The highest BCUT2D eigenvalue weighted by molar-refractivity contribution is 14.0. The number of aliphatic imine (C=N–C) groups is 1. The van der Waals surface area contributed by atoms with Crippen molar-refractivity contribution in [1.29, 1.82) is 0 Å². The lowest BCUT2D eigenvalue weighted by molar-refractivity contribution is 0.187. The van der Waals surface area contributed by atoms with E-state index in [4.69, 9.17) is 0 Å². The lowest BCUT2D eigenvalue weighted by Crippen LogP contribution is -2.44. The topological polar surface area (TPSA) is 39.7 Å². The van der Waals surface area contributed by atoms with Gasteiger partial charge in [0.15, 0.2) is 5.96 Å². The van der Waals surface area contributed by atoms with Gasteiger partial charge in [-0.15, -0.1) is 35.3 Å². The van der Waals surface area contributed by atoms with Crippen molar-refractivity contribution in [3.8, 4) is 0 Å². The number of likely N-dealkylation sites (tertiary alicyclic amines) is 1. The Morgan fingerprint density at radius 3 is 2.64 bits per heavy atom. The Morgan fingerprint density at radius 1 is 1.36 bits per heavy atom. The zero-order valence-corrected chi connectivity index (χ0v) is 19.3. The SMILES string of the molecule is CCN1CCC(CCNC(=NC)NC(C)Cc2ccc(C)s2)CC1.I. The molecule has 2 rings (SSSR count). The van der Waals surface area contributed by atoms with Gasteiger partial charge in [-0.1, -0.05) is 6.92 Å². The van der Waals surface area contributed by atoms with Gasteiger partial charge in [-0.3, -0.25) is 4.99 Å². The van der Waals surface area contributed by atoms with E-state index >= 15 is 0 Å². The molecule has 1 atom stereocenters. The Hall–Kier alpha value is -0.340. The van der Waals surface area contributed by atoms with Crippen LogP contribution >= 0.6 is 35.3 Å². The van der Waals surface area contributed by atoms with E-state index in [1.165, 1.54) is 48.7 Å². The van der Waals surface area contributed by atoms with Crippen LogP contribution in [0.1, 0.15) is 42.9 Å². The molecule has 2 N–H and O–H groups in total. The minimum absolute atomic E-state index is 0. The number of piperidine rings is 1. The first-order chi connectivity index (χ1) is 11.6. The van der Waals surface area contributed by atoms with Crippen molar-refractivity contribution < 1.29 is 0 Å². The fourth-order valence-corrected chi connectivity index (χ4v) is 4.38. The minimum Gasteiger partial charge on any atom is -0.356 e. The number of nitrogens with one attached hydrogen (secondary N) is 2. The van der Waals surface area contributed by atoms with E-state index in [2.05, 4.69) is 53.4 Å². The molecule has 2 heterocycles. The van der Waals surface area contributed by atoms with Crippen molar-refractivity contribution in [1.82, 2.24) is 15.5 Å². The Labute approximate surface area is 174 Å². The quantitative estimate of drug-likeness (QED) is 0.355. The molecule has 1 aromatic heterocycles. The number of rotatable bonds is 7. The van der Waals surface area contributed by atoms with Gasteiger partial charge in [0.2, 0.25) is 0 Å². The van der Waals surface area contributed by atoms with E-state index in [-0.39, 0.29) is 24.0 Å². The average molecular weight is 478 g/mol. The molecule has 1 fully saturated rings. The molecule has 144 valence electrons. The van der Waals surface area contributed by atoms with Gasteiger partial charge in [-0.05, 0) is 70.8 Å². The molecule has 25 heavy (non-hydrogen) atoms. The second-order valence-electron chi connectivity index (χ2n) is 6.93. The molecule has 6 heteroatoms. The Balaban J connectivity index is 0.00000312. The van der Waals surface area contributed by atoms with Crippen molar-refractivity contribution in [2.75, 3.05) is 33.2 Å². The number of halogens is 1. The van der Waals surface area contributed by atoms with Crippen molar-refractivity contribution >= 4 is 41.3 Å². The van der Waals surface area contributed by atoms with E-state index in [0.717, 1.165) is 24.8 Å². The summed E-state index contributed by atoms with van der Waals surface area (Å²) in [6, 6.07) is 4.82. The van der Waals surface area contributed by atoms with Gasteiger partial charge in [0.25, 0.3) is 0 Å². The fourth-order valence-electron chi connectivity index (χ4n) is 3.36. The molecule has 0 aromatic carbocycles. The molecule has 4 nitrogen and oxygen atoms in total. The molecule has 1 aliphatic heterocycles. The third-order valence-electron chi connectivity index (χ3n) is 4.91.